The lowest BCUT2D eigenvalue weighted by Crippen LogP contribution is -2.27. The lowest BCUT2D eigenvalue weighted by molar-refractivity contribution is -0.137. The molecule has 0 fully saturated rings. The Morgan fingerprint density at radius 2 is 1.67 bits per heavy atom. The number of halogens is 3. The van der Waals surface area contributed by atoms with E-state index in [-0.39, 0.29) is 11.1 Å². The number of anilines is 1. The van der Waals surface area contributed by atoms with Gasteiger partial charge in [-0.2, -0.15) is 13.2 Å². The number of nitrogens with one attached hydrogen (secondary N) is 1. The van der Waals surface area contributed by atoms with Crippen LogP contribution in [0.4, 0.5) is 18.9 Å². The first-order valence-corrected chi connectivity index (χ1v) is 8.05. The van der Waals surface area contributed by atoms with Crippen LogP contribution in [0, 0.1) is 6.92 Å². The second kappa shape index (κ2) is 7.38. The summed E-state index contributed by atoms with van der Waals surface area (Å²) in [7, 11) is 0. The molecule has 0 spiro atoms. The van der Waals surface area contributed by atoms with Gasteiger partial charge in [-0.1, -0.05) is 0 Å². The molecule has 0 aliphatic carbocycles. The first-order chi connectivity index (χ1) is 12.4. The lowest BCUT2D eigenvalue weighted by Gasteiger charge is -2.22. The maximum Gasteiger partial charge on any atom is 0.416 e. The molecular weight excluding hydrogens is 361 g/mol. The van der Waals surface area contributed by atoms with Crippen LogP contribution < -0.4 is 5.32 Å². The molecule has 5 nitrogen and oxygen atoms in total. The Labute approximate surface area is 154 Å². The summed E-state index contributed by atoms with van der Waals surface area (Å²) in [5.74, 6) is -1.72. The highest BCUT2D eigenvalue weighted by Crippen LogP contribution is 2.33. The predicted molar refractivity (Wildman–Crippen MR) is 93.5 cm³/mol. The second-order valence-electron chi connectivity index (χ2n) is 6.91. The van der Waals surface area contributed by atoms with E-state index in [0.29, 0.717) is 11.8 Å². The molecule has 0 unspecified atom stereocenters. The van der Waals surface area contributed by atoms with Crippen LogP contribution in [0.2, 0.25) is 0 Å². The molecular formula is C19H19F3N2O3. The predicted octanol–water partition coefficient (Wildman–Crippen LogP) is 4.62. The third-order valence-corrected chi connectivity index (χ3v) is 3.45. The molecule has 0 saturated heterocycles. The highest BCUT2D eigenvalue weighted by Gasteiger charge is 2.34. The van der Waals surface area contributed by atoms with Gasteiger partial charge in [0.25, 0.3) is 5.91 Å². The summed E-state index contributed by atoms with van der Waals surface area (Å²) >= 11 is 0. The van der Waals surface area contributed by atoms with Crippen molar-refractivity contribution in [2.45, 2.75) is 39.5 Å². The number of pyridine rings is 1. The van der Waals surface area contributed by atoms with E-state index < -0.39 is 34.8 Å². The number of hydrogen-bond acceptors (Lipinski definition) is 4. The van der Waals surface area contributed by atoms with E-state index in [1.807, 2.05) is 0 Å². The van der Waals surface area contributed by atoms with E-state index in [2.05, 4.69) is 10.3 Å². The number of carbonyl (C=O) groups excluding carboxylic acids is 2. The number of aryl methyl sites for hydroxylation is 1. The van der Waals surface area contributed by atoms with Crippen molar-refractivity contribution in [1.29, 1.82) is 0 Å². The lowest BCUT2D eigenvalue weighted by atomic mass is 9.97. The Hall–Kier alpha value is -2.90. The fraction of sp³-hybridized carbons (Fsp3) is 0.316. The molecule has 2 rings (SSSR count). The van der Waals surface area contributed by atoms with Crippen LogP contribution in [0.15, 0.2) is 36.7 Å². The Balaban J connectivity index is 2.54. The molecule has 144 valence electrons. The average molecular weight is 380 g/mol. The normalized spacial score (nSPS) is 11.8. The highest BCUT2D eigenvalue weighted by molar-refractivity contribution is 6.12. The SMILES string of the molecule is Cc1cc(C(F)(F)F)cc(C(=O)OC(C)(C)C)c1C(=O)Nc1ccncc1. The summed E-state index contributed by atoms with van der Waals surface area (Å²) in [6.45, 7) is 6.09. The molecule has 0 aliphatic rings. The molecule has 0 atom stereocenters. The molecule has 27 heavy (non-hydrogen) atoms. The molecule has 0 saturated carbocycles. The van der Waals surface area contributed by atoms with Crippen molar-refractivity contribution in [2.24, 2.45) is 0 Å². The van der Waals surface area contributed by atoms with Gasteiger partial charge < -0.3 is 10.1 Å². The number of hydrogen-bond donors (Lipinski definition) is 1. The van der Waals surface area contributed by atoms with Crippen LogP contribution in [0.5, 0.6) is 0 Å². The minimum absolute atomic E-state index is 0.0113. The summed E-state index contributed by atoms with van der Waals surface area (Å²) in [5.41, 5.74) is -2.17. The minimum Gasteiger partial charge on any atom is -0.456 e. The van der Waals surface area contributed by atoms with Crippen molar-refractivity contribution in [3.8, 4) is 0 Å². The van der Waals surface area contributed by atoms with Gasteiger partial charge in [-0.05, 0) is 57.5 Å². The summed E-state index contributed by atoms with van der Waals surface area (Å²) < 4.78 is 44.7. The van der Waals surface area contributed by atoms with Crippen LogP contribution in [0.25, 0.3) is 0 Å². The van der Waals surface area contributed by atoms with Crippen molar-refractivity contribution < 1.29 is 27.5 Å². The zero-order valence-corrected chi connectivity index (χ0v) is 15.3. The van der Waals surface area contributed by atoms with Gasteiger partial charge in [0.2, 0.25) is 0 Å². The van der Waals surface area contributed by atoms with E-state index in [9.17, 15) is 22.8 Å². The van der Waals surface area contributed by atoms with Crippen LogP contribution >= 0.6 is 0 Å². The Morgan fingerprint density at radius 1 is 1.07 bits per heavy atom. The van der Waals surface area contributed by atoms with Crippen LogP contribution in [0.3, 0.4) is 0 Å². The summed E-state index contributed by atoms with van der Waals surface area (Å²) in [5, 5.41) is 2.55. The molecule has 0 aliphatic heterocycles. The van der Waals surface area contributed by atoms with Gasteiger partial charge in [-0.25, -0.2) is 4.79 Å². The molecule has 1 amide bonds. The zero-order chi connectivity index (χ0) is 20.4. The number of ether oxygens (including phenoxy) is 1. The molecule has 8 heteroatoms. The molecule has 1 aromatic carbocycles. The van der Waals surface area contributed by atoms with Crippen molar-refractivity contribution in [2.75, 3.05) is 5.32 Å². The van der Waals surface area contributed by atoms with E-state index in [1.54, 1.807) is 20.8 Å². The Kier molecular flexibility index (Phi) is 5.58. The number of esters is 1. The number of nitrogens with zero attached hydrogens (tertiary/aromatic N) is 1. The topological polar surface area (TPSA) is 68.3 Å². The molecule has 1 N–H and O–H groups in total. The van der Waals surface area contributed by atoms with Crippen molar-refractivity contribution in [1.82, 2.24) is 4.98 Å². The number of benzene rings is 1. The van der Waals surface area contributed by atoms with Crippen LogP contribution in [-0.2, 0) is 10.9 Å². The van der Waals surface area contributed by atoms with E-state index in [1.165, 1.54) is 31.5 Å². The monoisotopic (exact) mass is 380 g/mol. The summed E-state index contributed by atoms with van der Waals surface area (Å²) in [6, 6.07) is 4.51. The smallest absolute Gasteiger partial charge is 0.416 e. The number of rotatable bonds is 3. The fourth-order valence-electron chi connectivity index (χ4n) is 2.38. The molecule has 0 radical (unpaired) electrons. The van der Waals surface area contributed by atoms with E-state index >= 15 is 0 Å². The van der Waals surface area contributed by atoms with Gasteiger partial charge in [0.15, 0.2) is 0 Å². The number of aromatic nitrogens is 1. The molecule has 0 bridgehead atoms. The maximum absolute atomic E-state index is 13.2. The average Bonchev–Trinajstić information content (AvgIpc) is 2.52. The van der Waals surface area contributed by atoms with Crippen LogP contribution in [-0.4, -0.2) is 22.5 Å². The zero-order valence-electron chi connectivity index (χ0n) is 15.3. The second-order valence-corrected chi connectivity index (χ2v) is 6.91. The van der Waals surface area contributed by atoms with Crippen molar-refractivity contribution in [3.05, 3.63) is 58.9 Å². The number of alkyl halides is 3. The largest absolute Gasteiger partial charge is 0.456 e. The number of carbonyl (C=O) groups is 2. The summed E-state index contributed by atoms with van der Waals surface area (Å²) in [4.78, 5) is 29.0. The maximum atomic E-state index is 13.2. The quantitative estimate of drug-likeness (QED) is 0.789. The van der Waals surface area contributed by atoms with Gasteiger partial charge in [-0.3, -0.25) is 9.78 Å². The molecule has 2 aromatic rings. The Bertz CT molecular complexity index is 857. The Morgan fingerprint density at radius 3 is 2.19 bits per heavy atom. The highest BCUT2D eigenvalue weighted by atomic mass is 19.4. The van der Waals surface area contributed by atoms with Gasteiger partial charge in [0, 0.05) is 18.1 Å². The van der Waals surface area contributed by atoms with Crippen molar-refractivity contribution in [3.63, 3.8) is 0 Å². The van der Waals surface area contributed by atoms with Gasteiger partial charge in [0.1, 0.15) is 5.60 Å². The minimum atomic E-state index is -4.67. The van der Waals surface area contributed by atoms with Crippen LogP contribution in [0.1, 0.15) is 52.6 Å². The fourth-order valence-corrected chi connectivity index (χ4v) is 2.38. The van der Waals surface area contributed by atoms with Crippen molar-refractivity contribution >= 4 is 17.6 Å². The molecule has 1 heterocycles. The summed E-state index contributed by atoms with van der Waals surface area (Å²) in [6.07, 6.45) is -1.77. The standard InChI is InChI=1S/C19H19F3N2O3/c1-11-9-12(19(20,21)22)10-14(17(26)27-18(2,3)4)15(11)16(25)24-13-5-7-23-8-6-13/h5-10H,1-4H3,(H,23,24,25). The number of amides is 1. The van der Waals surface area contributed by atoms with Gasteiger partial charge in [0.05, 0.1) is 16.7 Å². The van der Waals surface area contributed by atoms with Gasteiger partial charge >= 0.3 is 12.1 Å². The third-order valence-electron chi connectivity index (χ3n) is 3.45. The molecule has 1 aromatic heterocycles. The first kappa shape index (κ1) is 20.4. The first-order valence-electron chi connectivity index (χ1n) is 8.05. The van der Waals surface area contributed by atoms with E-state index in [0.717, 1.165) is 6.07 Å². The van der Waals surface area contributed by atoms with Gasteiger partial charge in [-0.15, -0.1) is 0 Å². The third kappa shape index (κ3) is 5.29. The van der Waals surface area contributed by atoms with E-state index in [4.69, 9.17) is 4.74 Å².